The smallest absolute Gasteiger partial charge is 0.266 e. The van der Waals surface area contributed by atoms with E-state index in [4.69, 9.17) is 16.3 Å². The molecular weight excluding hydrogens is 536 g/mol. The van der Waals surface area contributed by atoms with Gasteiger partial charge in [-0.05, 0) is 30.9 Å². The average Bonchev–Trinajstić information content (AvgIpc) is 3.36. The number of hydrogen-bond donors (Lipinski definition) is 1. The van der Waals surface area contributed by atoms with E-state index < -0.39 is 23.4 Å². The molecule has 0 fully saturated rings. The van der Waals surface area contributed by atoms with Crippen molar-refractivity contribution in [2.24, 2.45) is 0 Å². The predicted molar refractivity (Wildman–Crippen MR) is 147 cm³/mol. The molecule has 0 saturated heterocycles. The summed E-state index contributed by atoms with van der Waals surface area (Å²) in [7, 11) is 1.55. The second kappa shape index (κ2) is 17.3. The van der Waals surface area contributed by atoms with Crippen molar-refractivity contribution in [1.29, 1.82) is 0 Å². The zero-order valence-electron chi connectivity index (χ0n) is 23.7. The largest absolute Gasteiger partial charge is 0.368 e. The molecule has 0 unspecified atom stereocenters. The lowest BCUT2D eigenvalue weighted by molar-refractivity contribution is -0.158. The summed E-state index contributed by atoms with van der Waals surface area (Å²) in [6, 6.07) is 3.86. The Morgan fingerprint density at radius 3 is 2.26 bits per heavy atom. The molecule has 1 N–H and O–H groups in total. The molecule has 1 amide bonds. The van der Waals surface area contributed by atoms with Crippen LogP contribution < -0.4 is 5.32 Å². The van der Waals surface area contributed by atoms with Gasteiger partial charge in [-0.25, -0.2) is 23.1 Å². The number of halogens is 5. The Hall–Kier alpha value is -2.46. The number of carbonyl (C=O) groups is 1. The topological polar surface area (TPSA) is 67.3 Å². The summed E-state index contributed by atoms with van der Waals surface area (Å²) in [6.07, 6.45) is 0.527. The van der Waals surface area contributed by atoms with Crippen molar-refractivity contribution < 1.29 is 27.1 Å². The van der Waals surface area contributed by atoms with Crippen LogP contribution in [0.1, 0.15) is 95.5 Å². The van der Waals surface area contributed by atoms with Crippen molar-refractivity contribution in [3.8, 4) is 0 Å². The lowest BCUT2D eigenvalue weighted by Crippen LogP contribution is -2.48. The Bertz CT molecular complexity index is 1030. The number of anilines is 1. The number of nitrogens with zero attached hydrogens (tertiary/aromatic N) is 3. The molecule has 6 nitrogen and oxygen atoms in total. The highest BCUT2D eigenvalue weighted by molar-refractivity contribution is 6.28. The van der Waals surface area contributed by atoms with Crippen molar-refractivity contribution >= 4 is 23.3 Å². The fraction of sp³-hybridized carbons (Fsp3) is 0.607. The molecule has 1 aliphatic heterocycles. The molecule has 0 radical (unpaired) electrons. The van der Waals surface area contributed by atoms with Crippen molar-refractivity contribution in [2.75, 3.05) is 19.1 Å². The van der Waals surface area contributed by atoms with Crippen molar-refractivity contribution in [3.63, 3.8) is 0 Å². The van der Waals surface area contributed by atoms with Crippen LogP contribution in [0.4, 0.5) is 23.4 Å². The van der Waals surface area contributed by atoms with Gasteiger partial charge in [-0.1, -0.05) is 65.7 Å². The number of alkyl halides is 3. The minimum Gasteiger partial charge on any atom is -0.368 e. The number of hydrogen-bond acceptors (Lipinski definition) is 5. The van der Waals surface area contributed by atoms with Crippen LogP contribution in [0.15, 0.2) is 18.2 Å². The summed E-state index contributed by atoms with van der Waals surface area (Å²) >= 11 is 6.09. The predicted octanol–water partition coefficient (Wildman–Crippen LogP) is 8.04. The van der Waals surface area contributed by atoms with Gasteiger partial charge in [-0.3, -0.25) is 9.18 Å². The number of fused-ring (bicyclic) bond motifs is 1. The molecule has 1 aromatic heterocycles. The standard InChI is InChI=1S/C23H28ClF3N4O2.C3H7F.C2H6/c1-4-9-23(33-3,10-5-2)21(32)31-12-16-17(13-31)29-22(24)30-20(16)28-11-14-7-6-8-15(18(14)25)19(26)27;1-2-3-4;1-2/h6-8,19H,4-5,9-13H2,1-3H3,(H,28,29,30);2-3H2,1H3;1-2H3. The quantitative estimate of drug-likeness (QED) is 0.216. The number of methoxy groups -OCH3 is 1. The molecule has 11 heteroatoms. The third-order valence-electron chi connectivity index (χ3n) is 6.11. The first-order chi connectivity index (χ1) is 18.7. The van der Waals surface area contributed by atoms with E-state index in [0.29, 0.717) is 36.3 Å². The van der Waals surface area contributed by atoms with Crippen LogP contribution in [-0.2, 0) is 29.2 Å². The maximum absolute atomic E-state index is 14.4. The van der Waals surface area contributed by atoms with Crippen LogP contribution >= 0.6 is 11.6 Å². The van der Waals surface area contributed by atoms with Gasteiger partial charge in [0.05, 0.1) is 31.0 Å². The number of aromatic nitrogens is 2. The molecule has 1 aromatic carbocycles. The third kappa shape index (κ3) is 9.03. The fourth-order valence-electron chi connectivity index (χ4n) is 4.32. The molecular formula is C28H41ClF4N4O2. The first-order valence-electron chi connectivity index (χ1n) is 13.4. The van der Waals surface area contributed by atoms with Gasteiger partial charge in [-0.15, -0.1) is 0 Å². The maximum atomic E-state index is 14.4. The highest BCUT2D eigenvalue weighted by Crippen LogP contribution is 2.34. The highest BCUT2D eigenvalue weighted by atomic mass is 35.5. The van der Waals surface area contributed by atoms with Crippen LogP contribution in [0, 0.1) is 5.82 Å². The first kappa shape index (κ1) is 34.6. The lowest BCUT2D eigenvalue weighted by atomic mass is 9.90. The van der Waals surface area contributed by atoms with Crippen molar-refractivity contribution in [1.82, 2.24) is 14.9 Å². The van der Waals surface area contributed by atoms with E-state index in [1.165, 1.54) is 12.1 Å². The Labute approximate surface area is 234 Å². The molecule has 0 spiro atoms. The average molecular weight is 577 g/mol. The van der Waals surface area contributed by atoms with Gasteiger partial charge in [0, 0.05) is 24.8 Å². The normalized spacial score (nSPS) is 12.4. The van der Waals surface area contributed by atoms with Gasteiger partial charge in [0.15, 0.2) is 0 Å². The van der Waals surface area contributed by atoms with Crippen LogP contribution in [0.2, 0.25) is 5.28 Å². The first-order valence-corrected chi connectivity index (χ1v) is 13.8. The fourth-order valence-corrected chi connectivity index (χ4v) is 4.51. The Morgan fingerprint density at radius 1 is 1.13 bits per heavy atom. The molecule has 0 atom stereocenters. The Balaban J connectivity index is 0.00000116. The molecule has 220 valence electrons. The molecule has 0 bridgehead atoms. The van der Waals surface area contributed by atoms with Gasteiger partial charge in [0.25, 0.3) is 12.3 Å². The molecule has 0 saturated carbocycles. The van der Waals surface area contributed by atoms with Crippen LogP contribution in [0.3, 0.4) is 0 Å². The molecule has 0 aliphatic carbocycles. The zero-order valence-corrected chi connectivity index (χ0v) is 24.5. The minimum atomic E-state index is -2.91. The van der Waals surface area contributed by atoms with E-state index in [1.807, 2.05) is 27.7 Å². The van der Waals surface area contributed by atoms with Crippen molar-refractivity contribution in [2.45, 2.75) is 98.4 Å². The number of carbonyl (C=O) groups excluding carboxylic acids is 1. The summed E-state index contributed by atoms with van der Waals surface area (Å²) in [5, 5.41) is 2.96. The number of ether oxygens (including phenoxy) is 1. The van der Waals surface area contributed by atoms with E-state index in [9.17, 15) is 22.4 Å². The number of rotatable bonds is 11. The second-order valence-electron chi connectivity index (χ2n) is 8.79. The lowest BCUT2D eigenvalue weighted by Gasteiger charge is -2.34. The maximum Gasteiger partial charge on any atom is 0.266 e. The Morgan fingerprint density at radius 2 is 1.74 bits per heavy atom. The van der Waals surface area contributed by atoms with E-state index in [-0.39, 0.29) is 43.1 Å². The van der Waals surface area contributed by atoms with E-state index in [1.54, 1.807) is 18.9 Å². The van der Waals surface area contributed by atoms with Crippen LogP contribution in [-0.4, -0.2) is 40.2 Å². The van der Waals surface area contributed by atoms with Crippen LogP contribution in [0.5, 0.6) is 0 Å². The Kier molecular flexibility index (Phi) is 15.3. The monoisotopic (exact) mass is 576 g/mol. The third-order valence-corrected chi connectivity index (χ3v) is 6.28. The van der Waals surface area contributed by atoms with Gasteiger partial charge in [-0.2, -0.15) is 0 Å². The second-order valence-corrected chi connectivity index (χ2v) is 9.13. The summed E-state index contributed by atoms with van der Waals surface area (Å²) < 4.78 is 56.9. The van der Waals surface area contributed by atoms with Gasteiger partial charge in [0.2, 0.25) is 5.28 Å². The van der Waals surface area contributed by atoms with Gasteiger partial charge < -0.3 is 15.0 Å². The molecule has 1 aliphatic rings. The number of nitrogens with one attached hydrogen (secondary N) is 1. The summed E-state index contributed by atoms with van der Waals surface area (Å²) in [6.45, 7) is 10.0. The minimum absolute atomic E-state index is 0.0209. The summed E-state index contributed by atoms with van der Waals surface area (Å²) in [5.41, 5.74) is -0.233. The van der Waals surface area contributed by atoms with Crippen molar-refractivity contribution in [3.05, 3.63) is 51.7 Å². The molecule has 39 heavy (non-hydrogen) atoms. The van der Waals surface area contributed by atoms with E-state index in [0.717, 1.165) is 18.9 Å². The number of amides is 1. The van der Waals surface area contributed by atoms with Crippen LogP contribution in [0.25, 0.3) is 0 Å². The molecule has 2 heterocycles. The zero-order chi connectivity index (χ0) is 29.6. The van der Waals surface area contributed by atoms with E-state index in [2.05, 4.69) is 15.3 Å². The molecule has 2 aromatic rings. The highest BCUT2D eigenvalue weighted by Gasteiger charge is 2.42. The van der Waals surface area contributed by atoms with Gasteiger partial charge in [0.1, 0.15) is 17.2 Å². The summed E-state index contributed by atoms with van der Waals surface area (Å²) in [4.78, 5) is 23.6. The molecule has 3 rings (SSSR count). The SMILES string of the molecule is CC.CCCC(CCC)(OC)C(=O)N1Cc2nc(Cl)nc(NCc3cccc(C(F)F)c3F)c2C1.CCCF. The number of benzene rings is 1. The van der Waals surface area contributed by atoms with E-state index >= 15 is 0 Å². The van der Waals surface area contributed by atoms with Gasteiger partial charge >= 0.3 is 0 Å². The summed E-state index contributed by atoms with van der Waals surface area (Å²) in [5.74, 6) is -0.738.